The molecule has 1 aliphatic heterocycles. The summed E-state index contributed by atoms with van der Waals surface area (Å²) in [4.78, 5) is 33.3. The van der Waals surface area contributed by atoms with Crippen molar-refractivity contribution in [1.29, 1.82) is 0 Å². The minimum Gasteiger partial charge on any atom is -0.485 e. The molecule has 1 unspecified atom stereocenters. The first-order chi connectivity index (χ1) is 17.7. The van der Waals surface area contributed by atoms with E-state index in [0.717, 1.165) is 34.8 Å². The predicted octanol–water partition coefficient (Wildman–Crippen LogP) is 6.25. The van der Waals surface area contributed by atoms with Gasteiger partial charge in [0.25, 0.3) is 0 Å². The van der Waals surface area contributed by atoms with Crippen LogP contribution in [0.15, 0.2) is 4.99 Å². The zero-order chi connectivity index (χ0) is 27.2. The minimum absolute atomic E-state index is 0.0847. The Morgan fingerprint density at radius 3 is 2.16 bits per heavy atom. The number of esters is 2. The second kappa shape index (κ2) is 12.9. The smallest absolute Gasteiger partial charge is 0.342 e. The highest BCUT2D eigenvalue weighted by Gasteiger charge is 2.36. The number of ether oxygens (including phenoxy) is 4. The van der Waals surface area contributed by atoms with Gasteiger partial charge >= 0.3 is 11.9 Å². The number of rotatable bonds is 12. The monoisotopic (exact) mass is 550 g/mol. The molecule has 1 atom stereocenters. The van der Waals surface area contributed by atoms with Crippen molar-refractivity contribution in [3.8, 4) is 11.5 Å². The van der Waals surface area contributed by atoms with Gasteiger partial charge in [-0.15, -0.1) is 22.7 Å². The maximum atomic E-state index is 13.1. The molecule has 10 heteroatoms. The van der Waals surface area contributed by atoms with Gasteiger partial charge in [-0.25, -0.2) is 14.6 Å². The van der Waals surface area contributed by atoms with Crippen LogP contribution in [0.3, 0.4) is 0 Å². The van der Waals surface area contributed by atoms with Gasteiger partial charge in [0.05, 0.1) is 28.5 Å². The molecule has 2 N–H and O–H groups in total. The molecule has 0 fully saturated rings. The van der Waals surface area contributed by atoms with Crippen LogP contribution in [0.25, 0.3) is 0 Å². The van der Waals surface area contributed by atoms with Crippen molar-refractivity contribution in [3.63, 3.8) is 0 Å². The summed E-state index contributed by atoms with van der Waals surface area (Å²) < 4.78 is 22.6. The number of hydrogen-bond acceptors (Lipinski definition) is 10. The van der Waals surface area contributed by atoms with Gasteiger partial charge in [0.1, 0.15) is 23.8 Å². The zero-order valence-electron chi connectivity index (χ0n) is 22.6. The Balaban J connectivity index is 2.14. The van der Waals surface area contributed by atoms with Crippen LogP contribution < -0.4 is 15.2 Å². The molecule has 0 aliphatic carbocycles. The van der Waals surface area contributed by atoms with E-state index in [1.165, 1.54) is 11.3 Å². The quantitative estimate of drug-likeness (QED) is 0.246. The predicted molar refractivity (Wildman–Crippen MR) is 148 cm³/mol. The van der Waals surface area contributed by atoms with Gasteiger partial charge in [-0.05, 0) is 39.5 Å². The van der Waals surface area contributed by atoms with Gasteiger partial charge in [-0.3, -0.25) is 0 Å². The van der Waals surface area contributed by atoms with Gasteiger partial charge in [0, 0.05) is 16.6 Å². The number of aliphatic imine (C=N–C) groups is 1. The average molecular weight is 551 g/mol. The van der Waals surface area contributed by atoms with Crippen LogP contribution >= 0.6 is 22.7 Å². The topological polar surface area (TPSA) is 109 Å². The van der Waals surface area contributed by atoms with Crippen LogP contribution in [0.1, 0.15) is 96.2 Å². The molecule has 3 heterocycles. The maximum absolute atomic E-state index is 13.1. The number of thiophene rings is 2. The van der Waals surface area contributed by atoms with E-state index in [0.29, 0.717) is 41.2 Å². The third-order valence-electron chi connectivity index (χ3n) is 6.52. The van der Waals surface area contributed by atoms with Crippen molar-refractivity contribution in [1.82, 2.24) is 0 Å². The summed E-state index contributed by atoms with van der Waals surface area (Å²) in [6.45, 7) is 12.9. The third-order valence-corrected chi connectivity index (χ3v) is 9.01. The van der Waals surface area contributed by atoms with E-state index >= 15 is 0 Å². The zero-order valence-corrected chi connectivity index (χ0v) is 24.2. The summed E-state index contributed by atoms with van der Waals surface area (Å²) >= 11 is 2.80. The summed E-state index contributed by atoms with van der Waals surface area (Å²) in [5.74, 6) is 0.778. The lowest BCUT2D eigenvalue weighted by atomic mass is 9.93. The molecule has 0 saturated heterocycles. The first kappa shape index (κ1) is 29.1. The first-order valence-electron chi connectivity index (χ1n) is 13.0. The summed E-state index contributed by atoms with van der Waals surface area (Å²) in [6.07, 6.45) is 5.31. The molecule has 0 radical (unpaired) electrons. The maximum Gasteiger partial charge on any atom is 0.342 e. The average Bonchev–Trinajstić information content (AvgIpc) is 3.45. The van der Waals surface area contributed by atoms with E-state index in [1.807, 2.05) is 13.8 Å². The number of hydrogen-bond donors (Lipinski definition) is 1. The van der Waals surface area contributed by atoms with Crippen molar-refractivity contribution in [2.24, 2.45) is 16.6 Å². The highest BCUT2D eigenvalue weighted by molar-refractivity contribution is 7.17. The van der Waals surface area contributed by atoms with E-state index in [-0.39, 0.29) is 24.3 Å². The third kappa shape index (κ3) is 6.35. The molecule has 0 spiro atoms. The van der Waals surface area contributed by atoms with E-state index < -0.39 is 17.5 Å². The van der Waals surface area contributed by atoms with Crippen LogP contribution in [0, 0.1) is 5.92 Å². The summed E-state index contributed by atoms with van der Waals surface area (Å²) in [5.41, 5.74) is 5.92. The Morgan fingerprint density at radius 1 is 1.00 bits per heavy atom. The highest BCUT2D eigenvalue weighted by Crippen LogP contribution is 2.46. The van der Waals surface area contributed by atoms with Crippen LogP contribution in [0.4, 0.5) is 5.00 Å². The largest absolute Gasteiger partial charge is 0.485 e. The van der Waals surface area contributed by atoms with E-state index in [4.69, 9.17) is 29.7 Å². The van der Waals surface area contributed by atoms with Crippen molar-refractivity contribution in [2.75, 3.05) is 26.4 Å². The van der Waals surface area contributed by atoms with Gasteiger partial charge in [-0.1, -0.05) is 33.6 Å². The first-order valence-corrected chi connectivity index (χ1v) is 14.6. The van der Waals surface area contributed by atoms with Crippen molar-refractivity contribution < 1.29 is 28.5 Å². The Bertz CT molecular complexity index is 1130. The van der Waals surface area contributed by atoms with Gasteiger partial charge in [0.2, 0.25) is 0 Å². The van der Waals surface area contributed by atoms with E-state index in [2.05, 4.69) is 13.8 Å². The summed E-state index contributed by atoms with van der Waals surface area (Å²) in [5, 5.41) is 0.349. The summed E-state index contributed by atoms with van der Waals surface area (Å²) in [7, 11) is 0. The summed E-state index contributed by atoms with van der Waals surface area (Å²) in [6, 6.07) is 0. The lowest BCUT2D eigenvalue weighted by molar-refractivity contribution is 0.0479. The lowest BCUT2D eigenvalue weighted by Gasteiger charge is -2.22. The van der Waals surface area contributed by atoms with Crippen LogP contribution in [0.2, 0.25) is 0 Å². The lowest BCUT2D eigenvalue weighted by Crippen LogP contribution is -2.33. The molecular weight excluding hydrogens is 512 g/mol. The fraction of sp³-hybridized carbons (Fsp3) is 0.593. The molecule has 2 aromatic rings. The molecule has 204 valence electrons. The highest BCUT2D eigenvalue weighted by atomic mass is 32.1. The molecule has 0 bridgehead atoms. The SMILES string of the molecule is CCOC(=O)c1c(N=Cc2sc(CC(CC)CC)c3c2OCCO3)sc(C(C)(N)CC)c1C(=O)OCC. The fourth-order valence-electron chi connectivity index (χ4n) is 4.07. The Hall–Kier alpha value is -2.43. The molecule has 37 heavy (non-hydrogen) atoms. The molecule has 3 rings (SSSR count). The molecule has 0 aromatic carbocycles. The van der Waals surface area contributed by atoms with E-state index in [9.17, 15) is 9.59 Å². The molecular formula is C27H38N2O6S2. The Labute approximate surface area is 227 Å². The van der Waals surface area contributed by atoms with E-state index in [1.54, 1.807) is 31.4 Å². The molecule has 1 aliphatic rings. The van der Waals surface area contributed by atoms with Crippen LogP contribution in [-0.4, -0.2) is 44.6 Å². The number of carbonyl (C=O) groups is 2. The minimum atomic E-state index is -0.858. The Kier molecular flexibility index (Phi) is 10.1. The number of fused-ring (bicyclic) bond motifs is 1. The van der Waals surface area contributed by atoms with Gasteiger partial charge < -0.3 is 24.7 Å². The second-order valence-electron chi connectivity index (χ2n) is 9.09. The number of carbonyl (C=O) groups excluding carboxylic acids is 2. The normalized spacial score (nSPS) is 14.7. The van der Waals surface area contributed by atoms with Gasteiger partial charge in [-0.2, -0.15) is 0 Å². The molecule has 2 aromatic heterocycles. The van der Waals surface area contributed by atoms with Gasteiger partial charge in [0.15, 0.2) is 11.5 Å². The standard InChI is InChI=1S/C27H38N2O6S2/c1-7-16(8-2)14-17-21-22(35-13-12-34-21)18(36-17)15-29-24-20(26(31)33-11-5)19(25(30)32-10-4)23(37-24)27(6,28)9-3/h15-16H,7-14,28H2,1-6H3. The van der Waals surface area contributed by atoms with Crippen LogP contribution in [-0.2, 0) is 21.4 Å². The van der Waals surface area contributed by atoms with Crippen molar-refractivity contribution >= 4 is 45.8 Å². The van der Waals surface area contributed by atoms with Crippen LogP contribution in [0.5, 0.6) is 11.5 Å². The molecule has 8 nitrogen and oxygen atoms in total. The Morgan fingerprint density at radius 2 is 1.59 bits per heavy atom. The number of nitrogens with two attached hydrogens (primary N) is 1. The number of nitrogens with zero attached hydrogens (tertiary/aromatic N) is 1. The molecule has 0 saturated carbocycles. The fourth-order valence-corrected chi connectivity index (χ4v) is 6.50. The molecule has 0 amide bonds. The van der Waals surface area contributed by atoms with Crippen molar-refractivity contribution in [2.45, 2.75) is 72.8 Å². The second-order valence-corrected chi connectivity index (χ2v) is 11.2. The van der Waals surface area contributed by atoms with Crippen molar-refractivity contribution in [3.05, 3.63) is 25.8 Å².